The van der Waals surface area contributed by atoms with E-state index in [9.17, 15) is 28.4 Å². The van der Waals surface area contributed by atoms with Crippen LogP contribution in [0.4, 0.5) is 19.0 Å². The van der Waals surface area contributed by atoms with E-state index in [0.29, 0.717) is 5.56 Å². The Kier molecular flexibility index (Phi) is 6.64. The predicted octanol–water partition coefficient (Wildman–Crippen LogP) is 3.74. The van der Waals surface area contributed by atoms with E-state index in [1.807, 2.05) is 0 Å². The van der Waals surface area contributed by atoms with Gasteiger partial charge in [0.2, 0.25) is 0 Å². The molecular formula is C18H15BrF3N5O5. The van der Waals surface area contributed by atoms with Gasteiger partial charge in [-0.25, -0.2) is 9.97 Å². The summed E-state index contributed by atoms with van der Waals surface area (Å²) < 4.78 is 47.5. The Morgan fingerprint density at radius 1 is 1.19 bits per heavy atom. The Morgan fingerprint density at radius 3 is 2.34 bits per heavy atom. The maximum Gasteiger partial charge on any atom is 0.573 e. The van der Waals surface area contributed by atoms with E-state index in [4.69, 9.17) is 4.74 Å². The third kappa shape index (κ3) is 6.37. The second-order valence-electron chi connectivity index (χ2n) is 6.85. The number of alkyl halides is 3. The number of rotatable bonds is 8. The van der Waals surface area contributed by atoms with Gasteiger partial charge >= 0.3 is 12.2 Å². The molecule has 1 atom stereocenters. The summed E-state index contributed by atoms with van der Waals surface area (Å²) in [5, 5.41) is 21.3. The van der Waals surface area contributed by atoms with Crippen LogP contribution in [0.2, 0.25) is 0 Å². The molecule has 0 aliphatic carbocycles. The Hall–Kier alpha value is -3.26. The number of hydrogen-bond donors (Lipinski definition) is 1. The fourth-order valence-electron chi connectivity index (χ4n) is 2.58. The van der Waals surface area contributed by atoms with Gasteiger partial charge in [-0.15, -0.1) is 13.2 Å². The third-order valence-corrected chi connectivity index (χ3v) is 4.57. The highest BCUT2D eigenvalue weighted by atomic mass is 79.9. The number of nitro groups is 1. The van der Waals surface area contributed by atoms with Crippen molar-refractivity contribution in [1.29, 1.82) is 0 Å². The third-order valence-electron chi connectivity index (χ3n) is 3.94. The molecule has 1 aromatic carbocycles. The first-order chi connectivity index (χ1) is 14.9. The summed E-state index contributed by atoms with van der Waals surface area (Å²) in [6, 6.07) is 5.05. The van der Waals surface area contributed by atoms with Gasteiger partial charge < -0.3 is 24.7 Å². The molecule has 0 bridgehead atoms. The minimum atomic E-state index is -4.78. The lowest BCUT2D eigenvalue weighted by Gasteiger charge is -2.23. The highest BCUT2D eigenvalue weighted by Crippen LogP contribution is 2.26. The first-order valence-electron chi connectivity index (χ1n) is 8.82. The van der Waals surface area contributed by atoms with Crippen molar-refractivity contribution in [3.05, 3.63) is 57.7 Å². The highest BCUT2D eigenvalue weighted by Gasteiger charge is 2.31. The van der Waals surface area contributed by atoms with Gasteiger partial charge in [-0.2, -0.15) is 0 Å². The Bertz CT molecular complexity index is 1090. The van der Waals surface area contributed by atoms with E-state index in [-0.39, 0.29) is 41.0 Å². The Labute approximate surface area is 186 Å². The number of benzene rings is 1. The number of imidazole rings is 1. The summed E-state index contributed by atoms with van der Waals surface area (Å²) in [6.07, 6.45) is -0.907. The van der Waals surface area contributed by atoms with Crippen molar-refractivity contribution < 1.29 is 32.7 Å². The largest absolute Gasteiger partial charge is 0.573 e. The summed E-state index contributed by atoms with van der Waals surface area (Å²) in [4.78, 5) is 22.1. The highest BCUT2D eigenvalue weighted by molar-refractivity contribution is 9.10. The number of hydrogen-bond acceptors (Lipinski definition) is 8. The Balaban J connectivity index is 1.60. The standard InChI is InChI=1S/C18H15BrF3N5O5/c1-17(28,9-26-8-14(27(29)30)25-16(26)19)10-31-13-6-23-15(24-7-13)11-2-4-12(5-3-11)32-18(20,21)22/h2-8,28H,9-10H2,1H3. The van der Waals surface area contributed by atoms with Crippen LogP contribution in [-0.4, -0.2) is 48.1 Å². The predicted molar refractivity (Wildman–Crippen MR) is 107 cm³/mol. The second-order valence-corrected chi connectivity index (χ2v) is 7.56. The van der Waals surface area contributed by atoms with Crippen LogP contribution >= 0.6 is 15.9 Å². The fourth-order valence-corrected chi connectivity index (χ4v) is 2.99. The number of halogens is 4. The van der Waals surface area contributed by atoms with Crippen molar-refractivity contribution in [2.45, 2.75) is 25.4 Å². The van der Waals surface area contributed by atoms with E-state index < -0.39 is 16.9 Å². The molecule has 0 saturated heterocycles. The van der Waals surface area contributed by atoms with Crippen molar-refractivity contribution in [3.63, 3.8) is 0 Å². The number of ether oxygens (including phenoxy) is 2. The zero-order chi connectivity index (χ0) is 23.5. The van der Waals surface area contributed by atoms with Crippen LogP contribution in [0.5, 0.6) is 11.5 Å². The van der Waals surface area contributed by atoms with Gasteiger partial charge in [0.05, 0.1) is 18.9 Å². The van der Waals surface area contributed by atoms with E-state index in [0.717, 1.165) is 12.1 Å². The fraction of sp³-hybridized carbons (Fsp3) is 0.278. The van der Waals surface area contributed by atoms with Gasteiger partial charge in [0.25, 0.3) is 4.73 Å². The summed E-state index contributed by atoms with van der Waals surface area (Å²) in [5.41, 5.74) is -0.950. The molecule has 32 heavy (non-hydrogen) atoms. The van der Waals surface area contributed by atoms with Gasteiger partial charge in [0.1, 0.15) is 24.2 Å². The maximum atomic E-state index is 12.2. The maximum absolute atomic E-state index is 12.2. The van der Waals surface area contributed by atoms with Crippen LogP contribution < -0.4 is 9.47 Å². The van der Waals surface area contributed by atoms with Crippen molar-refractivity contribution in [1.82, 2.24) is 19.5 Å². The van der Waals surface area contributed by atoms with Crippen LogP contribution in [0.25, 0.3) is 11.4 Å². The van der Waals surface area contributed by atoms with Crippen LogP contribution in [0, 0.1) is 10.1 Å². The lowest BCUT2D eigenvalue weighted by atomic mass is 10.1. The molecule has 3 rings (SSSR count). The van der Waals surface area contributed by atoms with Gasteiger partial charge in [-0.3, -0.25) is 4.57 Å². The Morgan fingerprint density at radius 2 is 1.81 bits per heavy atom. The summed E-state index contributed by atoms with van der Waals surface area (Å²) in [5.74, 6) is -0.243. The van der Waals surface area contributed by atoms with Crippen molar-refractivity contribution in [2.24, 2.45) is 0 Å². The molecule has 0 spiro atoms. The SMILES string of the molecule is CC(O)(COc1cnc(-c2ccc(OC(F)(F)F)cc2)nc1)Cn1cc([N+](=O)[O-])nc1Br. The molecule has 3 aromatic rings. The van der Waals surface area contributed by atoms with Crippen molar-refractivity contribution >= 4 is 21.7 Å². The molecule has 14 heteroatoms. The van der Waals surface area contributed by atoms with Gasteiger partial charge in [0.15, 0.2) is 11.6 Å². The number of aromatic nitrogens is 4. The molecule has 170 valence electrons. The summed E-state index contributed by atoms with van der Waals surface area (Å²) >= 11 is 3.09. The lowest BCUT2D eigenvalue weighted by molar-refractivity contribution is -0.389. The topological polar surface area (TPSA) is 125 Å². The quantitative estimate of drug-likeness (QED) is 0.353. The van der Waals surface area contributed by atoms with E-state index in [1.165, 1.54) is 42.2 Å². The minimum absolute atomic E-state index is 0.0420. The molecule has 0 amide bonds. The lowest BCUT2D eigenvalue weighted by Crippen LogP contribution is -2.37. The van der Waals surface area contributed by atoms with Gasteiger partial charge in [0, 0.05) is 21.5 Å². The number of nitrogens with zero attached hydrogens (tertiary/aromatic N) is 5. The van der Waals surface area contributed by atoms with E-state index >= 15 is 0 Å². The first-order valence-corrected chi connectivity index (χ1v) is 9.62. The monoisotopic (exact) mass is 517 g/mol. The molecule has 0 saturated carbocycles. The van der Waals surface area contributed by atoms with E-state index in [2.05, 4.69) is 35.6 Å². The molecular weight excluding hydrogens is 503 g/mol. The molecule has 10 nitrogen and oxygen atoms in total. The molecule has 1 N–H and O–H groups in total. The molecule has 2 aromatic heterocycles. The summed E-state index contributed by atoms with van der Waals surface area (Å²) in [7, 11) is 0. The number of aliphatic hydroxyl groups is 1. The molecule has 2 heterocycles. The van der Waals surface area contributed by atoms with Gasteiger partial charge in [-0.1, -0.05) is 0 Å². The first kappa shape index (κ1) is 23.4. The van der Waals surface area contributed by atoms with Crippen LogP contribution in [0.1, 0.15) is 6.92 Å². The van der Waals surface area contributed by atoms with Crippen molar-refractivity contribution in [3.8, 4) is 22.9 Å². The molecule has 0 fully saturated rings. The average molecular weight is 518 g/mol. The normalized spacial score (nSPS) is 13.4. The molecule has 1 unspecified atom stereocenters. The zero-order valence-electron chi connectivity index (χ0n) is 16.3. The molecule has 0 aliphatic rings. The van der Waals surface area contributed by atoms with E-state index in [1.54, 1.807) is 0 Å². The smallest absolute Gasteiger partial charge is 0.487 e. The zero-order valence-corrected chi connectivity index (χ0v) is 17.9. The van der Waals surface area contributed by atoms with Gasteiger partial charge in [-0.05, 0) is 41.1 Å². The van der Waals surface area contributed by atoms with Crippen LogP contribution in [0.15, 0.2) is 47.6 Å². The van der Waals surface area contributed by atoms with Crippen LogP contribution in [0.3, 0.4) is 0 Å². The van der Waals surface area contributed by atoms with Crippen LogP contribution in [-0.2, 0) is 6.54 Å². The second kappa shape index (κ2) is 9.08. The molecule has 0 aliphatic heterocycles. The minimum Gasteiger partial charge on any atom is -0.487 e. The average Bonchev–Trinajstić information content (AvgIpc) is 3.06. The van der Waals surface area contributed by atoms with Crippen molar-refractivity contribution in [2.75, 3.05) is 6.61 Å². The summed E-state index contributed by atoms with van der Waals surface area (Å²) in [6.45, 7) is 1.25. The molecule has 0 radical (unpaired) electrons.